The van der Waals surface area contributed by atoms with Crippen LogP contribution in [0.15, 0.2) is 12.2 Å². The van der Waals surface area contributed by atoms with Crippen molar-refractivity contribution in [3.05, 3.63) is 12.2 Å². The number of rotatable bonds is 43. The van der Waals surface area contributed by atoms with Gasteiger partial charge in [-0.3, -0.25) is 18.6 Å². The Hall–Kier alpha value is -1.25. The van der Waals surface area contributed by atoms with Crippen LogP contribution in [0.1, 0.15) is 226 Å². The summed E-state index contributed by atoms with van der Waals surface area (Å²) < 4.78 is 32.8. The first-order valence-electron chi connectivity index (χ1n) is 22.7. The topological polar surface area (TPSA) is 134 Å². The van der Waals surface area contributed by atoms with Gasteiger partial charge in [-0.2, -0.15) is 0 Å². The van der Waals surface area contributed by atoms with Gasteiger partial charge in [-0.15, -0.1) is 0 Å². The number of carbonyl (C=O) groups excluding carboxylic acids is 2. The smallest absolute Gasteiger partial charge is 0.462 e. The summed E-state index contributed by atoms with van der Waals surface area (Å²) >= 11 is 0. The van der Waals surface area contributed by atoms with Crippen LogP contribution in [0, 0.1) is 0 Å². The summed E-state index contributed by atoms with van der Waals surface area (Å²) in [6.07, 6.45) is 42.5. The molecule has 0 aliphatic heterocycles. The molecule has 0 spiro atoms. The Bertz CT molecular complexity index is 902. The minimum Gasteiger partial charge on any atom is -0.462 e. The number of hydrogen-bond acceptors (Lipinski definition) is 8. The first-order valence-corrected chi connectivity index (χ1v) is 24.2. The molecule has 0 aliphatic rings. The Labute approximate surface area is 332 Å². The molecule has 10 heteroatoms. The van der Waals surface area contributed by atoms with Crippen LogP contribution in [0.25, 0.3) is 0 Å². The number of phosphoric acid groups is 1. The van der Waals surface area contributed by atoms with E-state index in [1.54, 1.807) is 0 Å². The number of carbonyl (C=O) groups is 2. The zero-order valence-corrected chi connectivity index (χ0v) is 36.1. The summed E-state index contributed by atoms with van der Waals surface area (Å²) in [4.78, 5) is 34.8. The van der Waals surface area contributed by atoms with E-state index in [1.807, 2.05) is 0 Å². The molecule has 1 unspecified atom stereocenters. The third kappa shape index (κ3) is 40.4. The zero-order chi connectivity index (χ0) is 39.6. The molecular weight excluding hydrogens is 701 g/mol. The second kappa shape index (κ2) is 41.4. The lowest BCUT2D eigenvalue weighted by Crippen LogP contribution is -2.29. The van der Waals surface area contributed by atoms with Crippen LogP contribution in [-0.2, 0) is 32.7 Å². The fourth-order valence-electron chi connectivity index (χ4n) is 6.50. The number of ether oxygens (including phenoxy) is 2. The van der Waals surface area contributed by atoms with Crippen LogP contribution in [0.4, 0.5) is 0 Å². The van der Waals surface area contributed by atoms with Gasteiger partial charge in [-0.05, 0) is 32.1 Å². The number of phosphoric ester groups is 1. The molecule has 0 amide bonds. The van der Waals surface area contributed by atoms with Crippen molar-refractivity contribution in [3.63, 3.8) is 0 Å². The van der Waals surface area contributed by atoms with E-state index in [0.29, 0.717) is 6.42 Å². The summed E-state index contributed by atoms with van der Waals surface area (Å²) in [7, 11) is -4.37. The average Bonchev–Trinajstić information content (AvgIpc) is 3.16. The van der Waals surface area contributed by atoms with Crippen molar-refractivity contribution < 1.29 is 37.6 Å². The Morgan fingerprint density at radius 1 is 0.537 bits per heavy atom. The molecule has 0 heterocycles. The Balaban J connectivity index is 4.01. The molecule has 320 valence electrons. The van der Waals surface area contributed by atoms with Gasteiger partial charge < -0.3 is 20.1 Å². The maximum atomic E-state index is 12.6. The van der Waals surface area contributed by atoms with Crippen LogP contribution in [0.2, 0.25) is 0 Å². The van der Waals surface area contributed by atoms with E-state index in [1.165, 1.54) is 135 Å². The van der Waals surface area contributed by atoms with Crippen LogP contribution in [0.5, 0.6) is 0 Å². The highest BCUT2D eigenvalue weighted by Crippen LogP contribution is 2.43. The molecule has 54 heavy (non-hydrogen) atoms. The Kier molecular flexibility index (Phi) is 40.4. The van der Waals surface area contributed by atoms with Crippen LogP contribution in [-0.4, -0.2) is 49.3 Å². The maximum Gasteiger partial charge on any atom is 0.472 e. The average molecular weight is 788 g/mol. The summed E-state index contributed by atoms with van der Waals surface area (Å²) in [6, 6.07) is 0. The molecule has 0 radical (unpaired) electrons. The standard InChI is InChI=1S/C44H86NO8P/c1-3-5-7-9-11-13-15-16-17-18-19-20-21-22-23-24-25-27-29-31-33-35-37-44(47)53-42(41-52-54(48,49)51-39-38-45)40-50-43(46)36-34-32-30-28-26-14-12-10-8-6-4-2/h10,12,42H,3-9,11,13-41,45H2,1-2H3,(H,48,49)/b12-10+/t42-/m1/s1. The quantitative estimate of drug-likeness (QED) is 0.0268. The number of nitrogens with two attached hydrogens (primary N) is 1. The van der Waals surface area contributed by atoms with Crippen LogP contribution >= 0.6 is 7.82 Å². The molecule has 0 saturated heterocycles. The van der Waals surface area contributed by atoms with Crippen LogP contribution in [0.3, 0.4) is 0 Å². The summed E-state index contributed by atoms with van der Waals surface area (Å²) in [5.41, 5.74) is 5.35. The second-order valence-electron chi connectivity index (χ2n) is 15.3. The van der Waals surface area contributed by atoms with Crippen molar-refractivity contribution in [2.45, 2.75) is 232 Å². The third-order valence-corrected chi connectivity index (χ3v) is 10.9. The minimum atomic E-state index is -4.37. The molecule has 2 atom stereocenters. The highest BCUT2D eigenvalue weighted by atomic mass is 31.2. The van der Waals surface area contributed by atoms with Crippen molar-refractivity contribution >= 4 is 19.8 Å². The minimum absolute atomic E-state index is 0.0551. The second-order valence-corrected chi connectivity index (χ2v) is 16.7. The van der Waals surface area contributed by atoms with E-state index in [4.69, 9.17) is 24.3 Å². The van der Waals surface area contributed by atoms with Crippen molar-refractivity contribution in [2.75, 3.05) is 26.4 Å². The lowest BCUT2D eigenvalue weighted by molar-refractivity contribution is -0.161. The number of hydrogen-bond donors (Lipinski definition) is 2. The van der Waals surface area contributed by atoms with E-state index in [9.17, 15) is 19.0 Å². The molecule has 0 fully saturated rings. The number of unbranched alkanes of at least 4 members (excludes halogenated alkanes) is 28. The molecule has 0 aromatic heterocycles. The summed E-state index contributed by atoms with van der Waals surface area (Å²) in [5, 5.41) is 0. The Morgan fingerprint density at radius 3 is 1.37 bits per heavy atom. The van der Waals surface area contributed by atoms with Gasteiger partial charge in [0.2, 0.25) is 0 Å². The molecule has 0 aliphatic carbocycles. The largest absolute Gasteiger partial charge is 0.472 e. The lowest BCUT2D eigenvalue weighted by atomic mass is 10.0. The number of allylic oxidation sites excluding steroid dienone is 2. The van der Waals surface area contributed by atoms with Gasteiger partial charge in [0, 0.05) is 19.4 Å². The highest BCUT2D eigenvalue weighted by molar-refractivity contribution is 7.47. The SMILES string of the molecule is CCCC/C=C/CCCCCCCC(=O)OC[C@H](COP(=O)(O)OCCN)OC(=O)CCCCCCCCCCCCCCCCCCCCCCCC. The molecular formula is C44H86NO8P. The van der Waals surface area contributed by atoms with E-state index in [-0.39, 0.29) is 38.6 Å². The van der Waals surface area contributed by atoms with Gasteiger partial charge in [0.15, 0.2) is 6.10 Å². The van der Waals surface area contributed by atoms with Gasteiger partial charge in [0.1, 0.15) is 6.61 Å². The van der Waals surface area contributed by atoms with Crippen LogP contribution < -0.4 is 5.73 Å². The normalized spacial score (nSPS) is 13.3. The fourth-order valence-corrected chi connectivity index (χ4v) is 7.26. The molecule has 0 bridgehead atoms. The third-order valence-electron chi connectivity index (χ3n) is 9.90. The molecule has 0 aromatic carbocycles. The van der Waals surface area contributed by atoms with Gasteiger partial charge in [0.05, 0.1) is 13.2 Å². The molecule has 9 nitrogen and oxygen atoms in total. The van der Waals surface area contributed by atoms with E-state index in [2.05, 4.69) is 26.0 Å². The van der Waals surface area contributed by atoms with Crippen molar-refractivity contribution in [1.29, 1.82) is 0 Å². The van der Waals surface area contributed by atoms with E-state index < -0.39 is 26.5 Å². The molecule has 0 saturated carbocycles. The van der Waals surface area contributed by atoms with Gasteiger partial charge >= 0.3 is 19.8 Å². The predicted octanol–water partition coefficient (Wildman–Crippen LogP) is 13.0. The van der Waals surface area contributed by atoms with Gasteiger partial charge in [-0.1, -0.05) is 193 Å². The van der Waals surface area contributed by atoms with Crippen molar-refractivity contribution in [3.8, 4) is 0 Å². The fraction of sp³-hybridized carbons (Fsp3) is 0.909. The number of esters is 2. The van der Waals surface area contributed by atoms with Crippen molar-refractivity contribution in [2.24, 2.45) is 5.73 Å². The molecule has 3 N–H and O–H groups in total. The summed E-state index contributed by atoms with van der Waals surface area (Å²) in [6.45, 7) is 3.71. The molecule has 0 rings (SSSR count). The zero-order valence-electron chi connectivity index (χ0n) is 35.2. The predicted molar refractivity (Wildman–Crippen MR) is 224 cm³/mol. The van der Waals surface area contributed by atoms with Gasteiger partial charge in [0.25, 0.3) is 0 Å². The van der Waals surface area contributed by atoms with E-state index >= 15 is 0 Å². The monoisotopic (exact) mass is 788 g/mol. The van der Waals surface area contributed by atoms with Crippen molar-refractivity contribution in [1.82, 2.24) is 0 Å². The Morgan fingerprint density at radius 2 is 0.926 bits per heavy atom. The highest BCUT2D eigenvalue weighted by Gasteiger charge is 2.26. The maximum absolute atomic E-state index is 12.6. The lowest BCUT2D eigenvalue weighted by Gasteiger charge is -2.19. The van der Waals surface area contributed by atoms with Gasteiger partial charge in [-0.25, -0.2) is 4.57 Å². The first-order chi connectivity index (χ1) is 26.3. The first kappa shape index (κ1) is 52.8. The molecule has 0 aromatic rings. The summed E-state index contributed by atoms with van der Waals surface area (Å²) in [5.74, 6) is -0.829. The van der Waals surface area contributed by atoms with E-state index in [0.717, 1.165) is 57.8 Å².